The van der Waals surface area contributed by atoms with Gasteiger partial charge >= 0.3 is 0 Å². The van der Waals surface area contributed by atoms with Gasteiger partial charge < -0.3 is 11.1 Å². The Hall–Kier alpha value is -2.47. The zero-order valence-electron chi connectivity index (χ0n) is 14.8. The quantitative estimate of drug-likeness (QED) is 0.755. The van der Waals surface area contributed by atoms with Crippen LogP contribution in [0.5, 0.6) is 0 Å². The molecule has 26 heavy (non-hydrogen) atoms. The van der Waals surface area contributed by atoms with Crippen molar-refractivity contribution >= 4 is 16.9 Å². The van der Waals surface area contributed by atoms with E-state index in [2.05, 4.69) is 22.5 Å². The van der Waals surface area contributed by atoms with Crippen molar-refractivity contribution in [1.82, 2.24) is 19.7 Å². The van der Waals surface area contributed by atoms with Gasteiger partial charge in [0.25, 0.3) is 0 Å². The molecule has 2 heterocycles. The van der Waals surface area contributed by atoms with Crippen molar-refractivity contribution in [1.29, 1.82) is 0 Å². The van der Waals surface area contributed by atoms with Gasteiger partial charge in [0.1, 0.15) is 11.6 Å². The Kier molecular flexibility index (Phi) is 3.85. The molecule has 2 aliphatic carbocycles. The van der Waals surface area contributed by atoms with Gasteiger partial charge in [-0.25, -0.2) is 14.6 Å². The SMILES string of the molecule is NC1CCC(Nc2nc(C3CC3)nc3c2cnn3-c2ccccc2)CC1. The lowest BCUT2D eigenvalue weighted by molar-refractivity contribution is 0.410. The number of anilines is 1. The number of nitrogens with two attached hydrogens (primary N) is 1. The van der Waals surface area contributed by atoms with Gasteiger partial charge in [-0.15, -0.1) is 0 Å². The first-order valence-corrected chi connectivity index (χ1v) is 9.61. The van der Waals surface area contributed by atoms with Crippen molar-refractivity contribution < 1.29 is 0 Å². The Balaban J connectivity index is 1.55. The number of nitrogens with zero attached hydrogens (tertiary/aromatic N) is 4. The maximum Gasteiger partial charge on any atom is 0.168 e. The average molecular weight is 348 g/mol. The highest BCUT2D eigenvalue weighted by Crippen LogP contribution is 2.39. The summed E-state index contributed by atoms with van der Waals surface area (Å²) in [7, 11) is 0. The zero-order valence-corrected chi connectivity index (χ0v) is 14.8. The molecule has 6 heteroatoms. The van der Waals surface area contributed by atoms with Crippen LogP contribution in [0, 0.1) is 0 Å². The molecule has 0 aliphatic heterocycles. The van der Waals surface area contributed by atoms with Crippen molar-refractivity contribution in [2.75, 3.05) is 5.32 Å². The molecular formula is C20H24N6. The first kappa shape index (κ1) is 15.8. The second-order valence-corrected chi connectivity index (χ2v) is 7.59. The fourth-order valence-corrected chi connectivity index (χ4v) is 3.77. The van der Waals surface area contributed by atoms with Crippen LogP contribution in [-0.2, 0) is 0 Å². The standard InChI is InChI=1S/C20H24N6/c21-14-8-10-15(11-9-14)23-19-17-12-22-26(16-4-2-1-3-5-16)20(17)25-18(24-19)13-6-7-13/h1-5,12-15H,6-11,21H2,(H,23,24,25). The summed E-state index contributed by atoms with van der Waals surface area (Å²) in [5.41, 5.74) is 7.97. The Bertz CT molecular complexity index is 907. The topological polar surface area (TPSA) is 81.7 Å². The van der Waals surface area contributed by atoms with Gasteiger partial charge in [0.05, 0.1) is 17.3 Å². The summed E-state index contributed by atoms with van der Waals surface area (Å²) in [6.07, 6.45) is 8.59. The smallest absolute Gasteiger partial charge is 0.168 e. The number of para-hydroxylation sites is 1. The molecule has 2 fully saturated rings. The molecule has 0 spiro atoms. The summed E-state index contributed by atoms with van der Waals surface area (Å²) in [6, 6.07) is 11.0. The lowest BCUT2D eigenvalue weighted by atomic mass is 9.92. The Labute approximate surface area is 152 Å². The van der Waals surface area contributed by atoms with Crippen molar-refractivity contribution in [2.24, 2.45) is 5.73 Å². The van der Waals surface area contributed by atoms with Crippen LogP contribution in [0.15, 0.2) is 36.5 Å². The molecule has 0 atom stereocenters. The van der Waals surface area contributed by atoms with E-state index in [0.717, 1.165) is 54.0 Å². The van der Waals surface area contributed by atoms with Gasteiger partial charge in [-0.05, 0) is 50.7 Å². The van der Waals surface area contributed by atoms with Crippen LogP contribution in [-0.4, -0.2) is 31.8 Å². The molecule has 0 saturated heterocycles. The van der Waals surface area contributed by atoms with Crippen LogP contribution in [0.3, 0.4) is 0 Å². The normalized spacial score (nSPS) is 23.3. The summed E-state index contributed by atoms with van der Waals surface area (Å²) >= 11 is 0. The summed E-state index contributed by atoms with van der Waals surface area (Å²) < 4.78 is 1.92. The van der Waals surface area contributed by atoms with E-state index < -0.39 is 0 Å². The van der Waals surface area contributed by atoms with Gasteiger partial charge in [-0.1, -0.05) is 18.2 Å². The molecule has 2 saturated carbocycles. The predicted octanol–water partition coefficient (Wildman–Crippen LogP) is 3.37. The van der Waals surface area contributed by atoms with E-state index in [1.165, 1.54) is 12.8 Å². The lowest BCUT2D eigenvalue weighted by Gasteiger charge is -2.27. The van der Waals surface area contributed by atoms with E-state index >= 15 is 0 Å². The molecule has 3 N–H and O–H groups in total. The van der Waals surface area contributed by atoms with Crippen LogP contribution >= 0.6 is 0 Å². The molecule has 1 aromatic carbocycles. The van der Waals surface area contributed by atoms with Crippen molar-refractivity contribution in [3.8, 4) is 5.69 Å². The van der Waals surface area contributed by atoms with Crippen LogP contribution < -0.4 is 11.1 Å². The highest BCUT2D eigenvalue weighted by molar-refractivity contribution is 5.87. The van der Waals surface area contributed by atoms with Gasteiger partial charge in [-0.2, -0.15) is 5.10 Å². The van der Waals surface area contributed by atoms with Crippen LogP contribution in [0.25, 0.3) is 16.7 Å². The van der Waals surface area contributed by atoms with Crippen molar-refractivity contribution in [3.63, 3.8) is 0 Å². The molecule has 0 radical (unpaired) electrons. The number of hydrogen-bond acceptors (Lipinski definition) is 5. The molecule has 2 aromatic heterocycles. The van der Waals surface area contributed by atoms with E-state index in [1.54, 1.807) is 0 Å². The van der Waals surface area contributed by atoms with Crippen LogP contribution in [0.4, 0.5) is 5.82 Å². The number of nitrogens with one attached hydrogen (secondary N) is 1. The molecule has 0 bridgehead atoms. The second kappa shape index (κ2) is 6.36. The lowest BCUT2D eigenvalue weighted by Crippen LogP contribution is -2.33. The first-order chi connectivity index (χ1) is 12.8. The minimum Gasteiger partial charge on any atom is -0.367 e. The minimum atomic E-state index is 0.348. The molecule has 0 amide bonds. The largest absolute Gasteiger partial charge is 0.367 e. The molecule has 5 rings (SSSR count). The summed E-state index contributed by atoms with van der Waals surface area (Å²) in [6.45, 7) is 0. The maximum absolute atomic E-state index is 6.05. The average Bonchev–Trinajstić information content (AvgIpc) is 3.44. The number of aromatic nitrogens is 4. The van der Waals surface area contributed by atoms with Crippen LogP contribution in [0.2, 0.25) is 0 Å². The van der Waals surface area contributed by atoms with E-state index in [1.807, 2.05) is 29.1 Å². The maximum atomic E-state index is 6.05. The van der Waals surface area contributed by atoms with E-state index in [4.69, 9.17) is 15.7 Å². The van der Waals surface area contributed by atoms with Gasteiger partial charge in [-0.3, -0.25) is 0 Å². The number of rotatable bonds is 4. The fourth-order valence-electron chi connectivity index (χ4n) is 3.77. The molecule has 134 valence electrons. The third-order valence-electron chi connectivity index (χ3n) is 5.50. The molecular weight excluding hydrogens is 324 g/mol. The summed E-state index contributed by atoms with van der Waals surface area (Å²) in [5, 5.41) is 9.27. The number of benzene rings is 1. The first-order valence-electron chi connectivity index (χ1n) is 9.61. The van der Waals surface area contributed by atoms with Crippen LogP contribution in [0.1, 0.15) is 50.3 Å². The second-order valence-electron chi connectivity index (χ2n) is 7.59. The van der Waals surface area contributed by atoms with E-state index in [0.29, 0.717) is 18.0 Å². The summed E-state index contributed by atoms with van der Waals surface area (Å²) in [4.78, 5) is 9.74. The minimum absolute atomic E-state index is 0.348. The fraction of sp³-hybridized carbons (Fsp3) is 0.450. The zero-order chi connectivity index (χ0) is 17.5. The third kappa shape index (κ3) is 2.94. The monoisotopic (exact) mass is 348 g/mol. The third-order valence-corrected chi connectivity index (χ3v) is 5.50. The molecule has 3 aromatic rings. The number of hydrogen-bond donors (Lipinski definition) is 2. The highest BCUT2D eigenvalue weighted by atomic mass is 15.3. The highest BCUT2D eigenvalue weighted by Gasteiger charge is 2.29. The van der Waals surface area contributed by atoms with E-state index in [-0.39, 0.29) is 0 Å². The van der Waals surface area contributed by atoms with Crippen molar-refractivity contribution in [3.05, 3.63) is 42.4 Å². The van der Waals surface area contributed by atoms with E-state index in [9.17, 15) is 0 Å². The summed E-state index contributed by atoms with van der Waals surface area (Å²) in [5.74, 6) is 2.38. The van der Waals surface area contributed by atoms with Gasteiger partial charge in [0.2, 0.25) is 0 Å². The Morgan fingerprint density at radius 2 is 1.73 bits per heavy atom. The predicted molar refractivity (Wildman–Crippen MR) is 102 cm³/mol. The van der Waals surface area contributed by atoms with Gasteiger partial charge in [0, 0.05) is 18.0 Å². The number of fused-ring (bicyclic) bond motifs is 1. The molecule has 6 nitrogen and oxygen atoms in total. The van der Waals surface area contributed by atoms with Gasteiger partial charge in [0.15, 0.2) is 5.65 Å². The Morgan fingerprint density at radius 3 is 2.46 bits per heavy atom. The molecule has 2 aliphatic rings. The van der Waals surface area contributed by atoms with Crippen molar-refractivity contribution in [2.45, 2.75) is 56.5 Å². The molecule has 0 unspecified atom stereocenters. The Morgan fingerprint density at radius 1 is 0.962 bits per heavy atom.